The Hall–Kier alpha value is 1.64. The van der Waals surface area contributed by atoms with E-state index in [2.05, 4.69) is 0 Å². The maximum atomic E-state index is 0. The molecule has 0 N–H and O–H groups in total. The van der Waals surface area contributed by atoms with Crippen LogP contribution in [0.15, 0.2) is 0 Å². The van der Waals surface area contributed by atoms with Crippen LogP contribution in [0.1, 0.15) is 0 Å². The maximum absolute atomic E-state index is 0. The zero-order chi connectivity index (χ0) is 0. The topological polar surface area (TPSA) is 0 Å². The van der Waals surface area contributed by atoms with Gasteiger partial charge in [-0.15, -0.1) is 0 Å². The van der Waals surface area contributed by atoms with E-state index >= 15 is 0 Å². The van der Waals surface area contributed by atoms with Gasteiger partial charge in [0.25, 0.3) is 0 Å². The molecule has 0 aliphatic carbocycles. The van der Waals surface area contributed by atoms with Crippen molar-refractivity contribution < 1.29 is 49.7 Å². The molecule has 0 spiro atoms. The van der Waals surface area contributed by atoms with Gasteiger partial charge in [0.1, 0.15) is 0 Å². The normalized spacial score (nSPS) is 0. The molecule has 0 saturated carbocycles. The first-order valence-electron chi connectivity index (χ1n) is 0. The van der Waals surface area contributed by atoms with Gasteiger partial charge in [0.15, 0.2) is 0 Å². The minimum atomic E-state index is 0. The summed E-state index contributed by atoms with van der Waals surface area (Å²) in [5.41, 5.74) is 0. The van der Waals surface area contributed by atoms with E-state index < -0.39 is 0 Å². The molecule has 0 aromatic carbocycles. The predicted octanol–water partition coefficient (Wildman–Crippen LogP) is 0.898. The van der Waals surface area contributed by atoms with Gasteiger partial charge in [-0.1, -0.05) is 0 Å². The largest absolute Gasteiger partial charge is 2.00 e. The van der Waals surface area contributed by atoms with Crippen LogP contribution in [0, 0.1) is 46.0 Å². The second kappa shape index (κ2) is 22.9. The van der Waals surface area contributed by atoms with Crippen LogP contribution in [0.3, 0.4) is 0 Å². The molecule has 0 bridgehead atoms. The number of hydrogen-bond acceptors (Lipinski definition) is 0. The zero-order valence-electron chi connectivity index (χ0n) is 2.95. The van der Waals surface area contributed by atoms with Crippen LogP contribution in [0.4, 0.5) is 0 Å². The number of hydrogen-bond donors (Lipinski definition) is 0. The molecule has 0 aromatic rings. The van der Waals surface area contributed by atoms with E-state index in [9.17, 15) is 0 Å². The van der Waals surface area contributed by atoms with E-state index in [0.717, 1.165) is 0 Å². The van der Waals surface area contributed by atoms with Gasteiger partial charge < -0.3 is 14.9 Å². The molecule has 0 aromatic heterocycles. The molecule has 0 nitrogen and oxygen atoms in total. The van der Waals surface area contributed by atoms with Crippen LogP contribution in [-0.2, 0) is 18.6 Å². The first-order valence-corrected chi connectivity index (χ1v) is 0. The van der Waals surface area contributed by atoms with Crippen LogP contribution >= 0.6 is 0 Å². The molecule has 0 amide bonds. The second-order valence-corrected chi connectivity index (χ2v) is 0. The summed E-state index contributed by atoms with van der Waals surface area (Å²) in [6.45, 7) is 0. The molecule has 0 unspecified atom stereocenters. The summed E-state index contributed by atoms with van der Waals surface area (Å²) in [6, 6.07) is 0. The molecular weight excluding hydrogens is 313 g/mol. The molecule has 0 fully saturated rings. The van der Waals surface area contributed by atoms with Gasteiger partial charge in [0, 0.05) is 18.6 Å². The third-order valence-electron chi connectivity index (χ3n) is 0. The molecule has 4 heavy (non-hydrogen) atoms. The molecule has 0 aliphatic heterocycles. The molecular formula is C2H6UV. The third-order valence-corrected chi connectivity index (χ3v) is 0. The smallest absolute Gasteiger partial charge is 0.358 e. The number of rotatable bonds is 0. The van der Waals surface area contributed by atoms with Crippen molar-refractivity contribution >= 4 is 0 Å². The second-order valence-electron chi connectivity index (χ2n) is 0. The molecule has 0 saturated heterocycles. The monoisotopic (exact) mass is 319 g/mol. The van der Waals surface area contributed by atoms with Gasteiger partial charge in [-0.25, -0.2) is 0 Å². The van der Waals surface area contributed by atoms with E-state index in [1.807, 2.05) is 0 Å². The molecule has 0 atom stereocenters. The van der Waals surface area contributed by atoms with E-state index in [-0.39, 0.29) is 64.5 Å². The standard InChI is InChI=1S/2CH3.U.V/h2*1H3;;/q2*-1;+2;. The summed E-state index contributed by atoms with van der Waals surface area (Å²) in [5, 5.41) is 0. The third kappa shape index (κ3) is 9.44. The van der Waals surface area contributed by atoms with Gasteiger partial charge in [-0.2, -0.15) is 0 Å². The van der Waals surface area contributed by atoms with Gasteiger partial charge in [0.2, 0.25) is 0 Å². The Morgan fingerprint density at radius 2 is 0.750 bits per heavy atom. The van der Waals surface area contributed by atoms with Crippen molar-refractivity contribution in [2.45, 2.75) is 0 Å². The molecule has 1 radical (unpaired) electrons. The Bertz CT molecular complexity index is 6.00. The van der Waals surface area contributed by atoms with E-state index in [1.165, 1.54) is 0 Å². The van der Waals surface area contributed by atoms with Crippen molar-refractivity contribution in [2.75, 3.05) is 0 Å². The fourth-order valence-electron chi connectivity index (χ4n) is 0. The molecule has 0 aliphatic rings. The van der Waals surface area contributed by atoms with Crippen molar-refractivity contribution in [3.63, 3.8) is 0 Å². The van der Waals surface area contributed by atoms with E-state index in [0.29, 0.717) is 0 Å². The van der Waals surface area contributed by atoms with Crippen molar-refractivity contribution in [3.05, 3.63) is 14.9 Å². The summed E-state index contributed by atoms with van der Waals surface area (Å²) >= 11 is 0. The Kier molecular flexibility index (Phi) is 259. The first kappa shape index (κ1) is 45.2. The first-order chi connectivity index (χ1) is 0. The van der Waals surface area contributed by atoms with Crippen molar-refractivity contribution in [1.29, 1.82) is 0 Å². The fourth-order valence-corrected chi connectivity index (χ4v) is 0. The van der Waals surface area contributed by atoms with E-state index in [1.54, 1.807) is 0 Å². The summed E-state index contributed by atoms with van der Waals surface area (Å²) < 4.78 is 0. The van der Waals surface area contributed by atoms with Gasteiger partial charge in [-0.05, 0) is 0 Å². The molecule has 2 heteroatoms. The average molecular weight is 319 g/mol. The minimum Gasteiger partial charge on any atom is -0.358 e. The van der Waals surface area contributed by atoms with Crippen molar-refractivity contribution in [1.82, 2.24) is 0 Å². The van der Waals surface area contributed by atoms with Crippen molar-refractivity contribution in [2.24, 2.45) is 0 Å². The quantitative estimate of drug-likeness (QED) is 0.582. The van der Waals surface area contributed by atoms with Crippen LogP contribution in [0.25, 0.3) is 0 Å². The Morgan fingerprint density at radius 1 is 0.750 bits per heavy atom. The summed E-state index contributed by atoms with van der Waals surface area (Å²) in [7, 11) is 0. The Labute approximate surface area is 64.0 Å². The van der Waals surface area contributed by atoms with E-state index in [4.69, 9.17) is 0 Å². The van der Waals surface area contributed by atoms with Crippen LogP contribution < -0.4 is 0 Å². The molecule has 23 valence electrons. The van der Waals surface area contributed by atoms with Crippen LogP contribution in [-0.4, -0.2) is 0 Å². The summed E-state index contributed by atoms with van der Waals surface area (Å²) in [5.74, 6) is 0. The van der Waals surface area contributed by atoms with Crippen LogP contribution in [0.5, 0.6) is 0 Å². The van der Waals surface area contributed by atoms with Gasteiger partial charge >= 0.3 is 31.1 Å². The Morgan fingerprint density at radius 3 is 0.750 bits per heavy atom. The molecule has 0 rings (SSSR count). The molecule has 0 heterocycles. The Balaban J connectivity index is 0. The summed E-state index contributed by atoms with van der Waals surface area (Å²) in [4.78, 5) is 0. The fraction of sp³-hybridized carbons (Fsp3) is 0. The minimum absolute atomic E-state index is 0. The average Bonchev–Trinajstić information content (AvgIpc) is 0. The maximum Gasteiger partial charge on any atom is 2.00 e. The zero-order valence-corrected chi connectivity index (χ0v) is 8.51. The summed E-state index contributed by atoms with van der Waals surface area (Å²) in [6.07, 6.45) is 0. The SMILES string of the molecule is [CH3-].[CH3-].[U+2].[V]. The van der Waals surface area contributed by atoms with Gasteiger partial charge in [-0.3, -0.25) is 0 Å². The van der Waals surface area contributed by atoms with Crippen molar-refractivity contribution in [3.8, 4) is 0 Å². The predicted molar refractivity (Wildman–Crippen MR) is 12.8 cm³/mol. The van der Waals surface area contributed by atoms with Gasteiger partial charge in [0.05, 0.1) is 0 Å². The van der Waals surface area contributed by atoms with Crippen LogP contribution in [0.2, 0.25) is 0 Å².